The van der Waals surface area contributed by atoms with Gasteiger partial charge in [0.1, 0.15) is 0 Å². The van der Waals surface area contributed by atoms with E-state index in [1.807, 2.05) is 43.9 Å². The third kappa shape index (κ3) is 4.45. The second-order valence-corrected chi connectivity index (χ2v) is 9.66. The van der Waals surface area contributed by atoms with Crippen LogP contribution in [0.15, 0.2) is 18.2 Å². The average Bonchev–Trinajstić information content (AvgIpc) is 3.35. The molecule has 1 aliphatic carbocycles. The van der Waals surface area contributed by atoms with Crippen molar-refractivity contribution in [3.05, 3.63) is 23.8 Å². The molecule has 1 aliphatic heterocycles. The molecule has 6 nitrogen and oxygen atoms in total. The molecule has 1 heterocycles. The zero-order chi connectivity index (χ0) is 22.1. The van der Waals surface area contributed by atoms with Crippen molar-refractivity contribution < 1.29 is 19.4 Å². The number of nitrogens with zero attached hydrogens (tertiary/aromatic N) is 1. The highest BCUT2D eigenvalue weighted by Gasteiger charge is 2.49. The largest absolute Gasteiger partial charge is 0.493 e. The van der Waals surface area contributed by atoms with E-state index in [-0.39, 0.29) is 23.8 Å². The third-order valence-electron chi connectivity index (χ3n) is 7.19. The lowest BCUT2D eigenvalue weighted by Gasteiger charge is -2.34. The van der Waals surface area contributed by atoms with E-state index in [9.17, 15) is 9.90 Å². The molecule has 0 radical (unpaired) electrons. The lowest BCUT2D eigenvalue weighted by molar-refractivity contribution is -0.133. The quantitative estimate of drug-likeness (QED) is 0.710. The summed E-state index contributed by atoms with van der Waals surface area (Å²) in [7, 11) is 1.65. The molecule has 0 aromatic heterocycles. The summed E-state index contributed by atoms with van der Waals surface area (Å²) >= 11 is 0. The van der Waals surface area contributed by atoms with Crippen LogP contribution in [-0.2, 0) is 4.79 Å². The number of ether oxygens (including phenoxy) is 2. The number of rotatable bonds is 7. The van der Waals surface area contributed by atoms with Crippen LogP contribution in [0.1, 0.15) is 64.9 Å². The molecule has 0 bridgehead atoms. The predicted octanol–water partition coefficient (Wildman–Crippen LogP) is 3.31. The fourth-order valence-corrected chi connectivity index (χ4v) is 4.78. The fourth-order valence-electron chi connectivity index (χ4n) is 4.78. The van der Waals surface area contributed by atoms with Crippen LogP contribution in [0, 0.1) is 11.3 Å². The van der Waals surface area contributed by atoms with Gasteiger partial charge >= 0.3 is 0 Å². The number of hydrogen-bond donors (Lipinski definition) is 2. The van der Waals surface area contributed by atoms with Gasteiger partial charge in [0.15, 0.2) is 11.5 Å². The van der Waals surface area contributed by atoms with Crippen molar-refractivity contribution in [2.75, 3.05) is 20.2 Å². The molecule has 6 heteroatoms. The van der Waals surface area contributed by atoms with Crippen LogP contribution < -0.4 is 15.2 Å². The third-order valence-corrected chi connectivity index (χ3v) is 7.19. The van der Waals surface area contributed by atoms with Gasteiger partial charge in [0.25, 0.3) is 0 Å². The lowest BCUT2D eigenvalue weighted by atomic mass is 9.72. The minimum absolute atomic E-state index is 0.0161. The Labute approximate surface area is 180 Å². The molecule has 1 saturated carbocycles. The van der Waals surface area contributed by atoms with Gasteiger partial charge in [0.2, 0.25) is 5.91 Å². The monoisotopic (exact) mass is 418 g/mol. The number of amides is 1. The minimum atomic E-state index is -0.572. The summed E-state index contributed by atoms with van der Waals surface area (Å²) in [5.74, 6) is 1.48. The number of likely N-dealkylation sites (tertiary alicyclic amines) is 1. The fraction of sp³-hybridized carbons (Fsp3) is 0.708. The molecule has 4 unspecified atom stereocenters. The van der Waals surface area contributed by atoms with E-state index in [0.717, 1.165) is 29.9 Å². The standard InChI is InChI=1S/C24H38N2O4/c1-15(2)22(25)23(28)26-13-19(24(4,14-26)16(3)27)17-10-11-20(29-5)21(12-17)30-18-8-6-7-9-18/h10-12,15-16,18-19,22,27H,6-9,13-14,25H2,1-5H3. The number of aliphatic hydroxyl groups is 1. The van der Waals surface area contributed by atoms with Gasteiger partial charge in [-0.25, -0.2) is 0 Å². The number of carbonyl (C=O) groups excluding carboxylic acids is 1. The summed E-state index contributed by atoms with van der Waals surface area (Å²) in [6, 6.07) is 5.48. The Morgan fingerprint density at radius 2 is 1.90 bits per heavy atom. The van der Waals surface area contributed by atoms with Crippen LogP contribution in [0.25, 0.3) is 0 Å². The van der Waals surface area contributed by atoms with Gasteiger partial charge in [-0.05, 0) is 56.2 Å². The van der Waals surface area contributed by atoms with Gasteiger partial charge in [-0.15, -0.1) is 0 Å². The molecular weight excluding hydrogens is 380 g/mol. The number of nitrogens with two attached hydrogens (primary N) is 1. The zero-order valence-corrected chi connectivity index (χ0v) is 19.1. The SMILES string of the molecule is COc1ccc(C2CN(C(=O)C(N)C(C)C)CC2(C)C(C)O)cc1OC1CCCC1. The molecule has 3 N–H and O–H groups in total. The Bertz CT molecular complexity index is 745. The van der Waals surface area contributed by atoms with E-state index in [1.54, 1.807) is 7.11 Å². The van der Waals surface area contributed by atoms with E-state index in [4.69, 9.17) is 15.2 Å². The first-order valence-electron chi connectivity index (χ1n) is 11.2. The van der Waals surface area contributed by atoms with Crippen LogP contribution in [-0.4, -0.2) is 54.4 Å². The predicted molar refractivity (Wildman–Crippen MR) is 118 cm³/mol. The number of carbonyl (C=O) groups is 1. The molecule has 168 valence electrons. The maximum atomic E-state index is 12.9. The first kappa shape index (κ1) is 22.9. The minimum Gasteiger partial charge on any atom is -0.493 e. The molecule has 1 aromatic rings. The van der Waals surface area contributed by atoms with Crippen LogP contribution in [0.4, 0.5) is 0 Å². The van der Waals surface area contributed by atoms with E-state index < -0.39 is 17.6 Å². The molecular formula is C24H38N2O4. The van der Waals surface area contributed by atoms with Crippen molar-refractivity contribution in [3.8, 4) is 11.5 Å². The molecule has 4 atom stereocenters. The Balaban J connectivity index is 1.90. The molecule has 0 spiro atoms. The molecule has 30 heavy (non-hydrogen) atoms. The lowest BCUT2D eigenvalue weighted by Crippen LogP contribution is -2.46. The first-order valence-corrected chi connectivity index (χ1v) is 11.2. The van der Waals surface area contributed by atoms with E-state index in [1.165, 1.54) is 12.8 Å². The highest BCUT2D eigenvalue weighted by atomic mass is 16.5. The van der Waals surface area contributed by atoms with Crippen molar-refractivity contribution in [3.63, 3.8) is 0 Å². The number of benzene rings is 1. The van der Waals surface area contributed by atoms with Crippen molar-refractivity contribution in [1.29, 1.82) is 0 Å². The molecule has 1 aromatic carbocycles. The van der Waals surface area contributed by atoms with Gasteiger partial charge in [0, 0.05) is 24.4 Å². The summed E-state index contributed by atoms with van der Waals surface area (Å²) < 4.78 is 11.8. The average molecular weight is 419 g/mol. The zero-order valence-electron chi connectivity index (χ0n) is 19.1. The maximum absolute atomic E-state index is 12.9. The first-order chi connectivity index (χ1) is 14.2. The Hall–Kier alpha value is -1.79. The van der Waals surface area contributed by atoms with Gasteiger partial charge in [-0.3, -0.25) is 4.79 Å². The van der Waals surface area contributed by atoms with Crippen LogP contribution in [0.2, 0.25) is 0 Å². The Kier molecular flexibility index (Phi) is 6.98. The van der Waals surface area contributed by atoms with Gasteiger partial charge in [0.05, 0.1) is 25.4 Å². The highest BCUT2D eigenvalue weighted by molar-refractivity contribution is 5.82. The number of hydrogen-bond acceptors (Lipinski definition) is 5. The van der Waals surface area contributed by atoms with Crippen LogP contribution in [0.5, 0.6) is 11.5 Å². The van der Waals surface area contributed by atoms with E-state index in [0.29, 0.717) is 13.1 Å². The molecule has 1 amide bonds. The summed E-state index contributed by atoms with van der Waals surface area (Å²) in [4.78, 5) is 14.8. The Morgan fingerprint density at radius 3 is 2.47 bits per heavy atom. The van der Waals surface area contributed by atoms with Gasteiger partial charge in [-0.2, -0.15) is 0 Å². The second kappa shape index (κ2) is 9.15. The van der Waals surface area contributed by atoms with Crippen molar-refractivity contribution in [1.82, 2.24) is 4.90 Å². The maximum Gasteiger partial charge on any atom is 0.239 e. The van der Waals surface area contributed by atoms with Crippen molar-refractivity contribution >= 4 is 5.91 Å². The molecule has 1 saturated heterocycles. The van der Waals surface area contributed by atoms with Crippen LogP contribution >= 0.6 is 0 Å². The summed E-state index contributed by atoms with van der Waals surface area (Å²) in [6.07, 6.45) is 4.18. The summed E-state index contributed by atoms with van der Waals surface area (Å²) in [5, 5.41) is 10.7. The highest BCUT2D eigenvalue weighted by Crippen LogP contribution is 2.47. The van der Waals surface area contributed by atoms with E-state index in [2.05, 4.69) is 6.92 Å². The topological polar surface area (TPSA) is 85.0 Å². The number of aliphatic hydroxyl groups excluding tert-OH is 1. The van der Waals surface area contributed by atoms with Crippen molar-refractivity contribution in [2.45, 2.75) is 77.5 Å². The van der Waals surface area contributed by atoms with Crippen molar-refractivity contribution in [2.24, 2.45) is 17.1 Å². The normalized spacial score (nSPS) is 26.8. The van der Waals surface area contributed by atoms with E-state index >= 15 is 0 Å². The van der Waals surface area contributed by atoms with Gasteiger partial charge in [-0.1, -0.05) is 26.8 Å². The molecule has 3 rings (SSSR count). The van der Waals surface area contributed by atoms with Gasteiger partial charge < -0.3 is 25.2 Å². The Morgan fingerprint density at radius 1 is 1.23 bits per heavy atom. The second-order valence-electron chi connectivity index (χ2n) is 9.66. The molecule has 2 fully saturated rings. The van der Waals surface area contributed by atoms with Crippen LogP contribution in [0.3, 0.4) is 0 Å². The smallest absolute Gasteiger partial charge is 0.239 e. The summed E-state index contributed by atoms with van der Waals surface area (Å²) in [6.45, 7) is 8.80. The number of methoxy groups -OCH3 is 1. The molecule has 2 aliphatic rings. The summed E-state index contributed by atoms with van der Waals surface area (Å²) in [5.41, 5.74) is 6.74.